The predicted molar refractivity (Wildman–Crippen MR) is 60.8 cm³/mol. The van der Waals surface area contributed by atoms with Gasteiger partial charge in [0.1, 0.15) is 0 Å². The predicted octanol–water partition coefficient (Wildman–Crippen LogP) is 2.55. The molecule has 1 saturated carbocycles. The summed E-state index contributed by atoms with van der Waals surface area (Å²) >= 11 is 5.93. The summed E-state index contributed by atoms with van der Waals surface area (Å²) in [4.78, 5) is 0. The maximum Gasteiger partial charge on any atom is 0.0426 e. The van der Waals surface area contributed by atoms with Crippen LogP contribution in [0.3, 0.4) is 0 Å². The van der Waals surface area contributed by atoms with E-state index in [0.717, 1.165) is 23.6 Å². The zero-order valence-electron chi connectivity index (χ0n) is 8.26. The molecule has 2 rings (SSSR count). The molecule has 1 aliphatic rings. The Labute approximate surface area is 89.4 Å². The minimum Gasteiger partial charge on any atom is -0.382 e. The third-order valence-electron chi connectivity index (χ3n) is 2.73. The second-order valence-corrected chi connectivity index (χ2v) is 4.47. The van der Waals surface area contributed by atoms with Crippen LogP contribution in [-0.4, -0.2) is 12.1 Å². The first-order valence-corrected chi connectivity index (χ1v) is 5.31. The van der Waals surface area contributed by atoms with E-state index in [-0.39, 0.29) is 0 Å². The summed E-state index contributed by atoms with van der Waals surface area (Å²) in [5.74, 6) is 0. The minimum absolute atomic E-state index is 0.381. The third kappa shape index (κ3) is 2.02. The highest BCUT2D eigenvalue weighted by molar-refractivity contribution is 6.30. The van der Waals surface area contributed by atoms with Gasteiger partial charge in [0, 0.05) is 22.8 Å². The lowest BCUT2D eigenvalue weighted by Crippen LogP contribution is -2.44. The van der Waals surface area contributed by atoms with Crippen LogP contribution in [0.4, 0.5) is 5.69 Å². The van der Waals surface area contributed by atoms with Gasteiger partial charge in [-0.1, -0.05) is 17.7 Å². The van der Waals surface area contributed by atoms with Crippen molar-refractivity contribution < 1.29 is 0 Å². The molecule has 1 fully saturated rings. The van der Waals surface area contributed by atoms with Crippen LogP contribution >= 0.6 is 11.6 Å². The number of aryl methyl sites for hydroxylation is 1. The molecule has 3 heteroatoms. The van der Waals surface area contributed by atoms with Gasteiger partial charge in [-0.05, 0) is 37.5 Å². The van der Waals surface area contributed by atoms with Gasteiger partial charge in [0.25, 0.3) is 0 Å². The van der Waals surface area contributed by atoms with Crippen LogP contribution in [0.2, 0.25) is 5.02 Å². The van der Waals surface area contributed by atoms with Gasteiger partial charge in [0.15, 0.2) is 0 Å². The number of anilines is 1. The number of nitrogens with one attached hydrogen (secondary N) is 1. The number of rotatable bonds is 2. The van der Waals surface area contributed by atoms with E-state index in [0.29, 0.717) is 12.1 Å². The van der Waals surface area contributed by atoms with Crippen LogP contribution in [0.5, 0.6) is 0 Å². The minimum atomic E-state index is 0.381. The number of halogens is 1. The van der Waals surface area contributed by atoms with Crippen molar-refractivity contribution in [1.29, 1.82) is 0 Å². The molecule has 0 aliphatic heterocycles. The molecule has 76 valence electrons. The van der Waals surface area contributed by atoms with Gasteiger partial charge < -0.3 is 11.1 Å². The maximum absolute atomic E-state index is 5.93. The zero-order valence-corrected chi connectivity index (χ0v) is 9.01. The molecule has 0 radical (unpaired) electrons. The van der Waals surface area contributed by atoms with Crippen LogP contribution in [-0.2, 0) is 0 Å². The Hall–Kier alpha value is -0.730. The summed E-state index contributed by atoms with van der Waals surface area (Å²) in [6.07, 6.45) is 2.12. The summed E-state index contributed by atoms with van der Waals surface area (Å²) in [7, 11) is 0. The molecule has 0 aromatic heterocycles. The number of nitrogens with two attached hydrogens (primary N) is 1. The van der Waals surface area contributed by atoms with E-state index >= 15 is 0 Å². The second-order valence-electron chi connectivity index (χ2n) is 4.03. The standard InChI is InChI=1S/C11H15ClN2/c1-7-2-3-8(12)4-11(7)14-10-5-9(13)6-10/h2-4,9-10,14H,5-6,13H2,1H3. The van der Waals surface area contributed by atoms with Gasteiger partial charge in [-0.25, -0.2) is 0 Å². The van der Waals surface area contributed by atoms with Crippen molar-refractivity contribution in [2.24, 2.45) is 5.73 Å². The lowest BCUT2D eigenvalue weighted by molar-refractivity contribution is 0.373. The van der Waals surface area contributed by atoms with E-state index in [4.69, 9.17) is 17.3 Å². The molecule has 0 spiro atoms. The van der Waals surface area contributed by atoms with Crippen molar-refractivity contribution in [1.82, 2.24) is 0 Å². The van der Waals surface area contributed by atoms with Crippen molar-refractivity contribution in [2.45, 2.75) is 31.8 Å². The first-order valence-electron chi connectivity index (χ1n) is 4.93. The molecule has 3 N–H and O–H groups in total. The highest BCUT2D eigenvalue weighted by Gasteiger charge is 2.25. The van der Waals surface area contributed by atoms with Gasteiger partial charge in [0.2, 0.25) is 0 Å². The lowest BCUT2D eigenvalue weighted by Gasteiger charge is -2.34. The van der Waals surface area contributed by atoms with Crippen LogP contribution in [0.1, 0.15) is 18.4 Å². The van der Waals surface area contributed by atoms with Gasteiger partial charge in [-0.3, -0.25) is 0 Å². The Bertz CT molecular complexity index is 332. The lowest BCUT2D eigenvalue weighted by atomic mass is 9.87. The summed E-state index contributed by atoms with van der Waals surface area (Å²) < 4.78 is 0. The fraction of sp³-hybridized carbons (Fsp3) is 0.455. The summed E-state index contributed by atoms with van der Waals surface area (Å²) in [6.45, 7) is 2.08. The molecule has 0 saturated heterocycles. The first kappa shape index (κ1) is 9.81. The summed E-state index contributed by atoms with van der Waals surface area (Å²) in [5, 5.41) is 4.23. The molecular formula is C11H15ClN2. The zero-order chi connectivity index (χ0) is 10.1. The molecule has 14 heavy (non-hydrogen) atoms. The molecule has 1 aliphatic carbocycles. The Balaban J connectivity index is 2.05. The third-order valence-corrected chi connectivity index (χ3v) is 2.97. The highest BCUT2D eigenvalue weighted by Crippen LogP contribution is 2.26. The van der Waals surface area contributed by atoms with E-state index in [1.807, 2.05) is 18.2 Å². The second kappa shape index (κ2) is 3.79. The fourth-order valence-corrected chi connectivity index (χ4v) is 1.92. The summed E-state index contributed by atoms with van der Waals surface area (Å²) in [5.41, 5.74) is 8.09. The first-order chi connectivity index (χ1) is 6.65. The monoisotopic (exact) mass is 210 g/mol. The normalized spacial score (nSPS) is 25.6. The molecule has 0 amide bonds. The maximum atomic E-state index is 5.93. The Kier molecular flexibility index (Phi) is 2.66. The van der Waals surface area contributed by atoms with Crippen LogP contribution < -0.4 is 11.1 Å². The average molecular weight is 211 g/mol. The number of hydrogen-bond acceptors (Lipinski definition) is 2. The van der Waals surface area contributed by atoms with E-state index < -0.39 is 0 Å². The highest BCUT2D eigenvalue weighted by atomic mass is 35.5. The van der Waals surface area contributed by atoms with Gasteiger partial charge >= 0.3 is 0 Å². The van der Waals surface area contributed by atoms with Gasteiger partial charge in [-0.2, -0.15) is 0 Å². The van der Waals surface area contributed by atoms with Crippen molar-refractivity contribution in [3.63, 3.8) is 0 Å². The van der Waals surface area contributed by atoms with Gasteiger partial charge in [0.05, 0.1) is 0 Å². The van der Waals surface area contributed by atoms with E-state index in [2.05, 4.69) is 12.2 Å². The number of hydrogen-bond donors (Lipinski definition) is 2. The Morgan fingerprint density at radius 3 is 2.79 bits per heavy atom. The van der Waals surface area contributed by atoms with Crippen molar-refractivity contribution in [3.05, 3.63) is 28.8 Å². The van der Waals surface area contributed by atoms with Crippen LogP contribution in [0.25, 0.3) is 0 Å². The molecule has 0 heterocycles. The quantitative estimate of drug-likeness (QED) is 0.788. The topological polar surface area (TPSA) is 38.0 Å². The molecule has 1 aromatic rings. The van der Waals surface area contributed by atoms with E-state index in [9.17, 15) is 0 Å². The molecule has 0 unspecified atom stereocenters. The Morgan fingerprint density at radius 2 is 2.14 bits per heavy atom. The molecule has 0 bridgehead atoms. The average Bonchev–Trinajstić information content (AvgIpc) is 2.09. The SMILES string of the molecule is Cc1ccc(Cl)cc1NC1CC(N)C1. The largest absolute Gasteiger partial charge is 0.382 e. The van der Waals surface area contributed by atoms with Crippen LogP contribution in [0, 0.1) is 6.92 Å². The molecule has 1 aromatic carbocycles. The molecular weight excluding hydrogens is 196 g/mol. The molecule has 0 atom stereocenters. The summed E-state index contributed by atoms with van der Waals surface area (Å²) in [6, 6.07) is 6.83. The smallest absolute Gasteiger partial charge is 0.0426 e. The number of benzene rings is 1. The van der Waals surface area contributed by atoms with Crippen molar-refractivity contribution in [3.8, 4) is 0 Å². The van der Waals surface area contributed by atoms with Crippen molar-refractivity contribution in [2.75, 3.05) is 5.32 Å². The molecule has 2 nitrogen and oxygen atoms in total. The fourth-order valence-electron chi connectivity index (χ4n) is 1.75. The van der Waals surface area contributed by atoms with Gasteiger partial charge in [-0.15, -0.1) is 0 Å². The van der Waals surface area contributed by atoms with Crippen molar-refractivity contribution >= 4 is 17.3 Å². The van der Waals surface area contributed by atoms with E-state index in [1.54, 1.807) is 0 Å². The Morgan fingerprint density at radius 1 is 1.43 bits per heavy atom. The van der Waals surface area contributed by atoms with E-state index in [1.165, 1.54) is 5.56 Å². The van der Waals surface area contributed by atoms with Crippen LogP contribution in [0.15, 0.2) is 18.2 Å².